The number of rotatable bonds is 1. The van der Waals surface area contributed by atoms with E-state index in [1.165, 1.54) is 24.0 Å². The molecule has 3 heteroatoms. The summed E-state index contributed by atoms with van der Waals surface area (Å²) in [6.07, 6.45) is 6.94. The van der Waals surface area contributed by atoms with Crippen LogP contribution in [0.3, 0.4) is 0 Å². The molecule has 0 saturated carbocycles. The third-order valence-corrected chi connectivity index (χ3v) is 7.37. The van der Waals surface area contributed by atoms with E-state index in [-0.39, 0.29) is 10.5 Å². The first kappa shape index (κ1) is 12.1. The van der Waals surface area contributed by atoms with Gasteiger partial charge in [0.15, 0.2) is 0 Å². The Bertz CT molecular complexity index is 536. The predicted molar refractivity (Wildman–Crippen MR) is 76.6 cm³/mol. The lowest BCUT2D eigenvalue weighted by Crippen LogP contribution is -2.47. The minimum atomic E-state index is -0.728. The normalized spacial score (nSPS) is 40.4. The molecule has 0 aromatic heterocycles. The van der Waals surface area contributed by atoms with Gasteiger partial charge in [-0.3, -0.25) is 4.21 Å². The Morgan fingerprint density at radius 2 is 1.79 bits per heavy atom. The van der Waals surface area contributed by atoms with Crippen molar-refractivity contribution in [3.05, 3.63) is 34.9 Å². The average Bonchev–Trinajstić information content (AvgIpc) is 2.33. The molecule has 2 fully saturated rings. The van der Waals surface area contributed by atoms with Crippen LogP contribution in [0.2, 0.25) is 0 Å². The van der Waals surface area contributed by atoms with Crippen LogP contribution in [0.25, 0.3) is 0 Å². The zero-order valence-corrected chi connectivity index (χ0v) is 11.9. The highest BCUT2D eigenvalue weighted by molar-refractivity contribution is 7.86. The van der Waals surface area contributed by atoms with Crippen molar-refractivity contribution in [2.75, 3.05) is 0 Å². The fourth-order valence-corrected chi connectivity index (χ4v) is 6.23. The van der Waals surface area contributed by atoms with Gasteiger partial charge >= 0.3 is 0 Å². The summed E-state index contributed by atoms with van der Waals surface area (Å²) in [6, 6.07) is 6.47. The Labute approximate surface area is 116 Å². The molecule has 0 spiro atoms. The van der Waals surface area contributed by atoms with Gasteiger partial charge in [0.2, 0.25) is 0 Å². The Balaban J connectivity index is 1.69. The summed E-state index contributed by atoms with van der Waals surface area (Å²) < 4.78 is 12.3. The molecule has 0 amide bonds. The number of hydrogen-bond donors (Lipinski definition) is 1. The van der Waals surface area contributed by atoms with E-state index in [1.54, 1.807) is 0 Å². The lowest BCUT2D eigenvalue weighted by molar-refractivity contribution is 0.00642. The molecule has 19 heavy (non-hydrogen) atoms. The molecular formula is C16H20O2S. The van der Waals surface area contributed by atoms with Gasteiger partial charge < -0.3 is 5.11 Å². The third kappa shape index (κ3) is 1.82. The van der Waals surface area contributed by atoms with Crippen LogP contribution in [0.15, 0.2) is 18.2 Å². The third-order valence-electron chi connectivity index (χ3n) is 5.25. The summed E-state index contributed by atoms with van der Waals surface area (Å²) in [5.74, 6) is 0. The van der Waals surface area contributed by atoms with Crippen LogP contribution < -0.4 is 0 Å². The fourth-order valence-electron chi connectivity index (χ4n) is 4.00. The maximum atomic E-state index is 12.3. The van der Waals surface area contributed by atoms with E-state index < -0.39 is 16.4 Å². The van der Waals surface area contributed by atoms with Gasteiger partial charge in [0.05, 0.1) is 5.60 Å². The van der Waals surface area contributed by atoms with Crippen molar-refractivity contribution in [3.8, 4) is 0 Å². The van der Waals surface area contributed by atoms with Gasteiger partial charge in [-0.15, -0.1) is 0 Å². The fraction of sp³-hybridized carbons (Fsp3) is 0.625. The van der Waals surface area contributed by atoms with Crippen LogP contribution >= 0.6 is 0 Å². The van der Waals surface area contributed by atoms with Gasteiger partial charge in [0.25, 0.3) is 0 Å². The molecule has 1 aromatic carbocycles. The maximum Gasteiger partial charge on any atom is 0.0919 e. The van der Waals surface area contributed by atoms with Crippen LogP contribution in [0.1, 0.15) is 48.8 Å². The summed E-state index contributed by atoms with van der Waals surface area (Å²) in [5.41, 5.74) is 3.18. The standard InChI is InChI=1S/C16H20O2S/c17-16(13-7-6-11-4-5-12(11)8-13)9-14-2-1-3-15(10-16)19(14)18/h6-8,14-15,17H,1-5,9-10H2. The van der Waals surface area contributed by atoms with Gasteiger partial charge in [0.1, 0.15) is 0 Å². The molecule has 2 heterocycles. The van der Waals surface area contributed by atoms with E-state index in [2.05, 4.69) is 18.2 Å². The largest absolute Gasteiger partial charge is 0.385 e. The van der Waals surface area contributed by atoms with Crippen molar-refractivity contribution in [1.82, 2.24) is 0 Å². The minimum Gasteiger partial charge on any atom is -0.385 e. The number of aliphatic hydroxyl groups is 1. The Morgan fingerprint density at radius 1 is 1.11 bits per heavy atom. The second-order valence-electron chi connectivity index (χ2n) is 6.43. The molecule has 2 saturated heterocycles. The molecule has 1 aliphatic carbocycles. The van der Waals surface area contributed by atoms with Crippen LogP contribution in [-0.4, -0.2) is 19.8 Å². The molecule has 102 valence electrons. The van der Waals surface area contributed by atoms with Gasteiger partial charge in [-0.05, 0) is 55.2 Å². The van der Waals surface area contributed by atoms with Crippen molar-refractivity contribution in [1.29, 1.82) is 0 Å². The summed E-state index contributed by atoms with van der Waals surface area (Å²) in [4.78, 5) is 0. The molecule has 1 N–H and O–H groups in total. The van der Waals surface area contributed by atoms with Gasteiger partial charge in [-0.2, -0.15) is 0 Å². The first-order valence-corrected chi connectivity index (χ1v) is 8.67. The molecular weight excluding hydrogens is 256 g/mol. The van der Waals surface area contributed by atoms with Crippen molar-refractivity contribution in [2.45, 2.75) is 61.0 Å². The van der Waals surface area contributed by atoms with E-state index in [4.69, 9.17) is 0 Å². The number of fused-ring (bicyclic) bond motifs is 3. The molecule has 2 aliphatic heterocycles. The van der Waals surface area contributed by atoms with Crippen molar-refractivity contribution in [3.63, 3.8) is 0 Å². The van der Waals surface area contributed by atoms with Gasteiger partial charge in [-0.25, -0.2) is 0 Å². The van der Waals surface area contributed by atoms with Gasteiger partial charge in [-0.1, -0.05) is 24.6 Å². The molecule has 3 aliphatic rings. The maximum absolute atomic E-state index is 12.3. The monoisotopic (exact) mass is 276 g/mol. The SMILES string of the molecule is O=S1C2CCCC1CC(O)(c1ccc3c(c1)CC3)C2. The van der Waals surface area contributed by atoms with E-state index in [0.29, 0.717) is 12.8 Å². The van der Waals surface area contributed by atoms with Gasteiger partial charge in [0, 0.05) is 21.3 Å². The quantitative estimate of drug-likeness (QED) is 0.855. The lowest BCUT2D eigenvalue weighted by atomic mass is 9.77. The Kier molecular flexibility index (Phi) is 2.65. The second kappa shape index (κ2) is 4.16. The minimum absolute atomic E-state index is 0.212. The molecule has 2 atom stereocenters. The average molecular weight is 276 g/mol. The predicted octanol–water partition coefficient (Wildman–Crippen LogP) is 2.44. The first-order chi connectivity index (χ1) is 9.16. The lowest BCUT2D eigenvalue weighted by Gasteiger charge is -2.44. The van der Waals surface area contributed by atoms with Crippen molar-refractivity contribution < 1.29 is 9.32 Å². The Hall–Kier alpha value is -0.670. The molecule has 2 unspecified atom stereocenters. The van der Waals surface area contributed by atoms with E-state index in [1.807, 2.05) is 0 Å². The van der Waals surface area contributed by atoms with Crippen LogP contribution in [-0.2, 0) is 29.2 Å². The molecule has 2 nitrogen and oxygen atoms in total. The van der Waals surface area contributed by atoms with E-state index in [0.717, 1.165) is 24.8 Å². The zero-order valence-electron chi connectivity index (χ0n) is 11.1. The topological polar surface area (TPSA) is 37.3 Å². The van der Waals surface area contributed by atoms with Crippen molar-refractivity contribution >= 4 is 10.8 Å². The summed E-state index contributed by atoms with van der Waals surface area (Å²) in [5, 5.41) is 11.5. The summed E-state index contributed by atoms with van der Waals surface area (Å²) in [7, 11) is -0.712. The highest BCUT2D eigenvalue weighted by atomic mass is 32.2. The smallest absolute Gasteiger partial charge is 0.0919 e. The van der Waals surface area contributed by atoms with E-state index in [9.17, 15) is 9.32 Å². The Morgan fingerprint density at radius 3 is 2.37 bits per heavy atom. The summed E-state index contributed by atoms with van der Waals surface area (Å²) in [6.45, 7) is 0. The zero-order chi connectivity index (χ0) is 13.0. The van der Waals surface area contributed by atoms with Crippen LogP contribution in [0.4, 0.5) is 0 Å². The molecule has 0 radical (unpaired) electrons. The summed E-state index contributed by atoms with van der Waals surface area (Å²) >= 11 is 0. The van der Waals surface area contributed by atoms with Crippen LogP contribution in [0.5, 0.6) is 0 Å². The highest BCUT2D eigenvalue weighted by Crippen LogP contribution is 2.45. The molecule has 1 aromatic rings. The van der Waals surface area contributed by atoms with E-state index >= 15 is 0 Å². The number of aryl methyl sites for hydroxylation is 2. The number of benzene rings is 1. The highest BCUT2D eigenvalue weighted by Gasteiger charge is 2.46. The van der Waals surface area contributed by atoms with Crippen LogP contribution in [0, 0.1) is 0 Å². The second-order valence-corrected chi connectivity index (χ2v) is 8.42. The molecule has 4 rings (SSSR count). The first-order valence-electron chi connectivity index (χ1n) is 7.40. The van der Waals surface area contributed by atoms with Crippen molar-refractivity contribution in [2.24, 2.45) is 0 Å². The molecule has 2 bridgehead atoms. The number of hydrogen-bond acceptors (Lipinski definition) is 2.